The molecule has 0 spiro atoms. The third-order valence-corrected chi connectivity index (χ3v) is 14.2. The van der Waals surface area contributed by atoms with Crippen LogP contribution in [0.1, 0.15) is 11.1 Å². The monoisotopic (exact) mass is 764 g/mol. The summed E-state index contributed by atoms with van der Waals surface area (Å²) in [6.07, 6.45) is 0. The molecule has 0 bridgehead atoms. The molecule has 1 aromatic heterocycles. The van der Waals surface area contributed by atoms with Gasteiger partial charge in [-0.3, -0.25) is 0 Å². The van der Waals surface area contributed by atoms with Crippen molar-refractivity contribution in [2.75, 3.05) is 0 Å². The molecule has 0 amide bonds. The molecule has 55 heavy (non-hydrogen) atoms. The molecule has 0 N–H and O–H groups in total. The summed E-state index contributed by atoms with van der Waals surface area (Å²) < 4.78 is 2.93. The van der Waals surface area contributed by atoms with Crippen LogP contribution in [-0.2, 0) is 0 Å². The molecule has 0 aliphatic heterocycles. The van der Waals surface area contributed by atoms with E-state index in [1.54, 1.807) is 0 Å². The van der Waals surface area contributed by atoms with Gasteiger partial charge >= 0.3 is 328 Å². The summed E-state index contributed by atoms with van der Waals surface area (Å²) in [6.45, 7) is 4.50. The molecule has 0 radical (unpaired) electrons. The van der Waals surface area contributed by atoms with Crippen molar-refractivity contribution in [2.24, 2.45) is 0 Å². The van der Waals surface area contributed by atoms with Crippen molar-refractivity contribution in [3.8, 4) is 44.5 Å². The van der Waals surface area contributed by atoms with Gasteiger partial charge in [0.25, 0.3) is 0 Å². The van der Waals surface area contributed by atoms with Gasteiger partial charge in [0.2, 0.25) is 0 Å². The fourth-order valence-corrected chi connectivity index (χ4v) is 12.1. The second-order valence-electron chi connectivity index (χ2n) is 14.8. The molecule has 0 aliphatic rings. The van der Waals surface area contributed by atoms with E-state index in [1.165, 1.54) is 118 Å². The first-order valence-corrected chi connectivity index (χ1v) is 20.8. The molecule has 0 unspecified atom stereocenters. The molecule has 258 valence electrons. The molecule has 0 saturated heterocycles. The summed E-state index contributed by atoms with van der Waals surface area (Å²) in [6, 6.07) is 68.0. The molecule has 11 rings (SSSR count). The normalized spacial score (nSPS) is 11.8. The Bertz CT molecular complexity index is 3190. The van der Waals surface area contributed by atoms with Crippen molar-refractivity contribution in [3.05, 3.63) is 193 Å². The molecule has 1 heterocycles. The first-order chi connectivity index (χ1) is 27.2. The van der Waals surface area contributed by atoms with Gasteiger partial charge in [-0.1, -0.05) is 0 Å². The van der Waals surface area contributed by atoms with E-state index in [-0.39, 0.29) is 14.5 Å². The fraction of sp³-hybridized carbons (Fsp3) is 0.0370. The zero-order chi connectivity index (χ0) is 36.6. The van der Waals surface area contributed by atoms with Crippen LogP contribution in [0.25, 0.3) is 107 Å². The molecular weight excluding hydrogens is 728 g/mol. The van der Waals surface area contributed by atoms with Crippen LogP contribution in [0.5, 0.6) is 0 Å². The average molecular weight is 764 g/mol. The van der Waals surface area contributed by atoms with Gasteiger partial charge in [0.05, 0.1) is 0 Å². The predicted molar refractivity (Wildman–Crippen MR) is 240 cm³/mol. The molecule has 10 aromatic carbocycles. The molecular formula is C54H36Se. The zero-order valence-corrected chi connectivity index (χ0v) is 32.4. The number of hydrogen-bond acceptors (Lipinski definition) is 0. The van der Waals surface area contributed by atoms with Gasteiger partial charge in [-0.25, -0.2) is 0 Å². The number of aryl methyl sites for hydroxylation is 2. The Morgan fingerprint density at radius 3 is 1.24 bits per heavy atom. The molecule has 0 atom stereocenters. The minimum atomic E-state index is 0.126. The van der Waals surface area contributed by atoms with E-state index in [0.717, 1.165) is 0 Å². The number of fused-ring (bicyclic) bond motifs is 7. The minimum absolute atomic E-state index is 0.126. The van der Waals surface area contributed by atoms with Gasteiger partial charge in [0.1, 0.15) is 0 Å². The molecule has 11 aromatic rings. The average Bonchev–Trinajstić information content (AvgIpc) is 3.62. The van der Waals surface area contributed by atoms with Crippen LogP contribution in [0, 0.1) is 13.8 Å². The van der Waals surface area contributed by atoms with Crippen molar-refractivity contribution in [3.63, 3.8) is 0 Å². The van der Waals surface area contributed by atoms with E-state index >= 15 is 0 Å². The van der Waals surface area contributed by atoms with E-state index in [0.29, 0.717) is 0 Å². The molecule has 1 heteroatoms. The van der Waals surface area contributed by atoms with Gasteiger partial charge < -0.3 is 0 Å². The van der Waals surface area contributed by atoms with Gasteiger partial charge in [0, 0.05) is 0 Å². The Morgan fingerprint density at radius 1 is 0.291 bits per heavy atom. The van der Waals surface area contributed by atoms with Crippen LogP contribution in [0.4, 0.5) is 0 Å². The number of benzene rings is 10. The molecule has 0 saturated carbocycles. The van der Waals surface area contributed by atoms with Crippen LogP contribution < -0.4 is 0 Å². The summed E-state index contributed by atoms with van der Waals surface area (Å²) in [5, 5.41) is 13.2. The van der Waals surface area contributed by atoms with E-state index in [2.05, 4.69) is 196 Å². The van der Waals surface area contributed by atoms with E-state index < -0.39 is 0 Å². The van der Waals surface area contributed by atoms with Gasteiger partial charge in [0.15, 0.2) is 0 Å². The second-order valence-corrected chi connectivity index (χ2v) is 17.0. The predicted octanol–water partition coefficient (Wildman–Crippen LogP) is 14.9. The van der Waals surface area contributed by atoms with E-state index in [4.69, 9.17) is 0 Å². The Labute approximate surface area is 326 Å². The zero-order valence-electron chi connectivity index (χ0n) is 30.7. The Morgan fingerprint density at radius 2 is 0.691 bits per heavy atom. The Hall–Kier alpha value is -6.24. The third kappa shape index (κ3) is 4.84. The number of rotatable bonds is 4. The van der Waals surface area contributed by atoms with Crippen molar-refractivity contribution in [1.29, 1.82) is 0 Å². The van der Waals surface area contributed by atoms with Gasteiger partial charge in [-0.05, 0) is 0 Å². The van der Waals surface area contributed by atoms with Crippen LogP contribution in [0.2, 0.25) is 0 Å². The quantitative estimate of drug-likeness (QED) is 0.124. The third-order valence-electron chi connectivity index (χ3n) is 11.7. The van der Waals surface area contributed by atoms with Crippen molar-refractivity contribution in [1.82, 2.24) is 0 Å². The van der Waals surface area contributed by atoms with E-state index in [1.807, 2.05) is 0 Å². The Kier molecular flexibility index (Phi) is 7.42. The van der Waals surface area contributed by atoms with E-state index in [9.17, 15) is 0 Å². The van der Waals surface area contributed by atoms with Crippen LogP contribution in [0.3, 0.4) is 0 Å². The van der Waals surface area contributed by atoms with Gasteiger partial charge in [-0.15, -0.1) is 0 Å². The maximum atomic E-state index is 2.38. The first kappa shape index (κ1) is 32.2. The molecule has 0 fully saturated rings. The number of hydrogen-bond donors (Lipinski definition) is 0. The fourth-order valence-electron chi connectivity index (χ4n) is 9.48. The molecule has 0 aliphatic carbocycles. The summed E-state index contributed by atoms with van der Waals surface area (Å²) >= 11 is 0.126. The maximum absolute atomic E-state index is 2.38. The van der Waals surface area contributed by atoms with Crippen LogP contribution in [-0.4, -0.2) is 14.5 Å². The summed E-state index contributed by atoms with van der Waals surface area (Å²) in [5.41, 5.74) is 13.2. The first-order valence-electron chi connectivity index (χ1n) is 19.1. The van der Waals surface area contributed by atoms with Crippen LogP contribution in [0.15, 0.2) is 182 Å². The second kappa shape index (κ2) is 12.7. The topological polar surface area (TPSA) is 0 Å². The summed E-state index contributed by atoms with van der Waals surface area (Å²) in [5.74, 6) is 0. The van der Waals surface area contributed by atoms with Gasteiger partial charge in [-0.2, -0.15) is 0 Å². The summed E-state index contributed by atoms with van der Waals surface area (Å²) in [7, 11) is 0. The SMILES string of the molecule is Cc1cccc(C)c1-c1c2ccccc2c(-c2cccc3[se]c4c(-c5c6ccccc6c(-c6ccccc6)c6ccccc56)cccc4c23)c2ccccc12. The standard InChI is InChI=1S/C54H36Se/c1-33-17-14-18-34(2)48(33)53-42-27-12-10-25-40(42)50(41-26-11-13-28-43(41)53)44-29-16-32-47-52(44)46-31-15-30-45(54(46)55-47)51-38-23-8-6-21-36(38)49(35-19-4-3-5-20-35)37-22-7-9-24-39(37)51/h3-32H,1-2H3. The van der Waals surface area contributed by atoms with Crippen molar-refractivity contribution < 1.29 is 0 Å². The molecule has 0 nitrogen and oxygen atoms in total. The van der Waals surface area contributed by atoms with Crippen molar-refractivity contribution in [2.45, 2.75) is 13.8 Å². The van der Waals surface area contributed by atoms with Crippen molar-refractivity contribution >= 4 is 76.9 Å². The van der Waals surface area contributed by atoms with Crippen LogP contribution >= 0.6 is 0 Å². The Balaban J connectivity index is 1.24. The summed E-state index contributed by atoms with van der Waals surface area (Å²) in [4.78, 5) is 0.